The molecule has 1 saturated heterocycles. The van der Waals surface area contributed by atoms with Gasteiger partial charge in [-0.3, -0.25) is 24.6 Å². The standard InChI is InChI=1S/C24H16ClFN2O6/c1-34-17-9-4-13(5-10-17)21-20(22(29)14-2-6-15(7-3-14)28(32)33)23(30)24(31)27(21)16-8-11-19(26)18(25)12-16/h2-12,21,29H,1H3/b22-20+. The lowest BCUT2D eigenvalue weighted by Crippen LogP contribution is -2.29. The number of ketones is 1. The normalized spacial score (nSPS) is 17.1. The van der Waals surface area contributed by atoms with Gasteiger partial charge in [0.15, 0.2) is 0 Å². The maximum Gasteiger partial charge on any atom is 0.300 e. The van der Waals surface area contributed by atoms with Crippen LogP contribution in [0.5, 0.6) is 5.75 Å². The zero-order valence-corrected chi connectivity index (χ0v) is 18.3. The fourth-order valence-corrected chi connectivity index (χ4v) is 3.91. The number of anilines is 1. The number of nitrogens with zero attached hydrogens (tertiary/aromatic N) is 2. The van der Waals surface area contributed by atoms with Crippen LogP contribution in [0.15, 0.2) is 72.3 Å². The summed E-state index contributed by atoms with van der Waals surface area (Å²) in [5.74, 6) is -2.61. The van der Waals surface area contributed by atoms with E-state index < -0.39 is 34.2 Å². The van der Waals surface area contributed by atoms with Crippen LogP contribution < -0.4 is 9.64 Å². The first kappa shape index (κ1) is 22.9. The van der Waals surface area contributed by atoms with Crippen LogP contribution in [0.4, 0.5) is 15.8 Å². The van der Waals surface area contributed by atoms with E-state index in [-0.39, 0.29) is 27.5 Å². The van der Waals surface area contributed by atoms with Crippen molar-refractivity contribution in [2.45, 2.75) is 6.04 Å². The lowest BCUT2D eigenvalue weighted by atomic mass is 9.95. The van der Waals surface area contributed by atoms with Gasteiger partial charge in [0.05, 0.1) is 28.7 Å². The summed E-state index contributed by atoms with van der Waals surface area (Å²) in [5.41, 5.74) is 0.286. The molecule has 0 aromatic heterocycles. The predicted molar refractivity (Wildman–Crippen MR) is 122 cm³/mol. The highest BCUT2D eigenvalue weighted by Gasteiger charge is 2.47. The summed E-state index contributed by atoms with van der Waals surface area (Å²) in [5, 5.41) is 21.7. The Morgan fingerprint density at radius 1 is 1.09 bits per heavy atom. The van der Waals surface area contributed by atoms with Crippen LogP contribution >= 0.6 is 11.6 Å². The summed E-state index contributed by atoms with van der Waals surface area (Å²) in [7, 11) is 1.48. The van der Waals surface area contributed by atoms with Crippen molar-refractivity contribution in [3.63, 3.8) is 0 Å². The monoisotopic (exact) mass is 482 g/mol. The topological polar surface area (TPSA) is 110 Å². The van der Waals surface area contributed by atoms with E-state index in [2.05, 4.69) is 0 Å². The third kappa shape index (κ3) is 3.97. The highest BCUT2D eigenvalue weighted by atomic mass is 35.5. The Morgan fingerprint density at radius 2 is 1.74 bits per heavy atom. The second-order valence-electron chi connectivity index (χ2n) is 7.34. The van der Waals surface area contributed by atoms with Gasteiger partial charge in [0.2, 0.25) is 0 Å². The fourth-order valence-electron chi connectivity index (χ4n) is 3.73. The van der Waals surface area contributed by atoms with Crippen molar-refractivity contribution in [2.24, 2.45) is 0 Å². The highest BCUT2D eigenvalue weighted by molar-refractivity contribution is 6.51. The number of aliphatic hydroxyl groups is 1. The summed E-state index contributed by atoms with van der Waals surface area (Å²) < 4.78 is 18.9. The molecule has 4 rings (SSSR count). The van der Waals surface area contributed by atoms with E-state index in [0.29, 0.717) is 11.3 Å². The molecule has 0 saturated carbocycles. The van der Waals surface area contributed by atoms with Gasteiger partial charge in [-0.2, -0.15) is 0 Å². The molecule has 1 aliphatic rings. The molecule has 0 radical (unpaired) electrons. The maximum atomic E-state index is 13.8. The van der Waals surface area contributed by atoms with Crippen molar-refractivity contribution in [1.82, 2.24) is 0 Å². The van der Waals surface area contributed by atoms with Gasteiger partial charge in [0.1, 0.15) is 17.3 Å². The number of carbonyl (C=O) groups is 2. The Balaban J connectivity index is 1.91. The van der Waals surface area contributed by atoms with E-state index in [1.54, 1.807) is 24.3 Å². The minimum atomic E-state index is -1.08. The number of carbonyl (C=O) groups excluding carboxylic acids is 2. The van der Waals surface area contributed by atoms with E-state index in [1.807, 2.05) is 0 Å². The second-order valence-corrected chi connectivity index (χ2v) is 7.75. The average Bonchev–Trinajstić information content (AvgIpc) is 3.11. The van der Waals surface area contributed by atoms with Gasteiger partial charge >= 0.3 is 0 Å². The zero-order chi connectivity index (χ0) is 24.6. The van der Waals surface area contributed by atoms with Gasteiger partial charge in [0.25, 0.3) is 17.4 Å². The summed E-state index contributed by atoms with van der Waals surface area (Å²) >= 11 is 5.91. The molecule has 172 valence electrons. The molecular weight excluding hydrogens is 467 g/mol. The van der Waals surface area contributed by atoms with Crippen LogP contribution in [0.3, 0.4) is 0 Å². The first-order valence-corrected chi connectivity index (χ1v) is 10.3. The number of Topliss-reactive ketones (excluding diaryl/α,β-unsaturated/α-hetero) is 1. The lowest BCUT2D eigenvalue weighted by molar-refractivity contribution is -0.384. The fraction of sp³-hybridized carbons (Fsp3) is 0.0833. The Bertz CT molecular complexity index is 1340. The number of aliphatic hydroxyl groups excluding tert-OH is 1. The van der Waals surface area contributed by atoms with Crippen LogP contribution in [0, 0.1) is 15.9 Å². The zero-order valence-electron chi connectivity index (χ0n) is 17.6. The molecule has 34 heavy (non-hydrogen) atoms. The molecule has 1 fully saturated rings. The van der Waals surface area contributed by atoms with Crippen molar-refractivity contribution in [1.29, 1.82) is 0 Å². The summed E-state index contributed by atoms with van der Waals surface area (Å²) in [4.78, 5) is 37.6. The van der Waals surface area contributed by atoms with Crippen LogP contribution in [0.1, 0.15) is 17.2 Å². The lowest BCUT2D eigenvalue weighted by Gasteiger charge is -2.25. The molecule has 8 nitrogen and oxygen atoms in total. The van der Waals surface area contributed by atoms with Crippen LogP contribution in [0.25, 0.3) is 5.76 Å². The van der Waals surface area contributed by atoms with E-state index >= 15 is 0 Å². The second kappa shape index (κ2) is 8.95. The minimum absolute atomic E-state index is 0.110. The number of hydrogen-bond donors (Lipinski definition) is 1. The SMILES string of the molecule is COc1ccc(C2/C(=C(\O)c3ccc([N+](=O)[O-])cc3)C(=O)C(=O)N2c2ccc(F)c(Cl)c2)cc1. The number of nitro benzene ring substituents is 1. The number of methoxy groups -OCH3 is 1. The molecule has 1 heterocycles. The summed E-state index contributed by atoms with van der Waals surface area (Å²) in [6.07, 6.45) is 0. The van der Waals surface area contributed by atoms with Gasteiger partial charge in [-0.1, -0.05) is 23.7 Å². The quantitative estimate of drug-likeness (QED) is 0.180. The largest absolute Gasteiger partial charge is 0.507 e. The van der Waals surface area contributed by atoms with Gasteiger partial charge in [-0.25, -0.2) is 4.39 Å². The first-order chi connectivity index (χ1) is 16.2. The number of non-ortho nitro benzene ring substituents is 1. The Labute approximate surface area is 197 Å². The Hall–Kier alpha value is -4.24. The minimum Gasteiger partial charge on any atom is -0.507 e. The number of rotatable bonds is 5. The molecule has 0 aliphatic carbocycles. The van der Waals surface area contributed by atoms with E-state index in [9.17, 15) is 29.2 Å². The number of ether oxygens (including phenoxy) is 1. The molecule has 3 aromatic rings. The molecule has 1 amide bonds. The number of hydrogen-bond acceptors (Lipinski definition) is 6. The summed E-state index contributed by atoms with van der Waals surface area (Å²) in [6.45, 7) is 0. The first-order valence-electron chi connectivity index (χ1n) is 9.87. The highest BCUT2D eigenvalue weighted by Crippen LogP contribution is 2.43. The molecular formula is C24H16ClFN2O6. The molecule has 1 N–H and O–H groups in total. The van der Waals surface area contributed by atoms with Crippen LogP contribution in [-0.4, -0.2) is 28.8 Å². The smallest absolute Gasteiger partial charge is 0.300 e. The average molecular weight is 483 g/mol. The molecule has 3 aromatic carbocycles. The number of halogens is 2. The Morgan fingerprint density at radius 3 is 2.29 bits per heavy atom. The summed E-state index contributed by atoms with van der Waals surface area (Å²) in [6, 6.07) is 13.9. The van der Waals surface area contributed by atoms with E-state index in [4.69, 9.17) is 16.3 Å². The number of benzene rings is 3. The van der Waals surface area contributed by atoms with Crippen molar-refractivity contribution in [3.8, 4) is 5.75 Å². The van der Waals surface area contributed by atoms with Gasteiger partial charge in [0, 0.05) is 23.4 Å². The van der Waals surface area contributed by atoms with Crippen molar-refractivity contribution in [3.05, 3.63) is 104 Å². The van der Waals surface area contributed by atoms with Gasteiger partial charge < -0.3 is 9.84 Å². The number of nitro groups is 1. The van der Waals surface area contributed by atoms with Crippen LogP contribution in [-0.2, 0) is 9.59 Å². The van der Waals surface area contributed by atoms with Gasteiger partial charge in [-0.05, 0) is 48.0 Å². The molecule has 1 atom stereocenters. The van der Waals surface area contributed by atoms with E-state index in [0.717, 1.165) is 11.0 Å². The van der Waals surface area contributed by atoms with Crippen molar-refractivity contribution < 1.29 is 28.7 Å². The van der Waals surface area contributed by atoms with E-state index in [1.165, 1.54) is 43.5 Å². The van der Waals surface area contributed by atoms with Gasteiger partial charge in [-0.15, -0.1) is 0 Å². The third-order valence-corrected chi connectivity index (χ3v) is 5.70. The predicted octanol–water partition coefficient (Wildman–Crippen LogP) is 5.02. The molecule has 10 heteroatoms. The molecule has 1 aliphatic heterocycles. The third-order valence-electron chi connectivity index (χ3n) is 5.41. The Kier molecular flexibility index (Phi) is 6.04. The maximum absolute atomic E-state index is 13.8. The molecule has 0 bridgehead atoms. The molecule has 0 spiro atoms. The van der Waals surface area contributed by atoms with Crippen molar-refractivity contribution in [2.75, 3.05) is 12.0 Å². The van der Waals surface area contributed by atoms with Crippen molar-refractivity contribution >= 4 is 40.4 Å². The molecule has 1 unspecified atom stereocenters. The number of amides is 1. The van der Waals surface area contributed by atoms with Crippen LogP contribution in [0.2, 0.25) is 5.02 Å².